The van der Waals surface area contributed by atoms with E-state index >= 15 is 0 Å². The summed E-state index contributed by atoms with van der Waals surface area (Å²) in [4.78, 5) is 11.1. The van der Waals surface area contributed by atoms with Crippen molar-refractivity contribution >= 4 is 5.97 Å². The molecule has 0 saturated carbocycles. The first-order valence-electron chi connectivity index (χ1n) is 6.62. The maximum absolute atomic E-state index is 11.1. The van der Waals surface area contributed by atoms with Crippen LogP contribution in [0.2, 0.25) is 0 Å². The van der Waals surface area contributed by atoms with Gasteiger partial charge in [-0.05, 0) is 29.5 Å². The van der Waals surface area contributed by atoms with E-state index in [1.54, 1.807) is 6.07 Å². The molecular weight excluding hydrogens is 252 g/mol. The molecule has 0 unspecified atom stereocenters. The number of benzene rings is 2. The summed E-state index contributed by atoms with van der Waals surface area (Å²) < 4.78 is 0. The first-order chi connectivity index (χ1) is 9.50. The lowest BCUT2D eigenvalue weighted by atomic mass is 9.90. The van der Waals surface area contributed by atoms with E-state index in [4.69, 9.17) is 5.11 Å². The van der Waals surface area contributed by atoms with Gasteiger partial charge in [-0.25, -0.2) is 4.79 Å². The van der Waals surface area contributed by atoms with E-state index in [-0.39, 0.29) is 17.2 Å². The second kappa shape index (κ2) is 5.78. The zero-order valence-electron chi connectivity index (χ0n) is 11.6. The van der Waals surface area contributed by atoms with Gasteiger partial charge in [-0.2, -0.15) is 0 Å². The Morgan fingerprint density at radius 1 is 1.10 bits per heavy atom. The Kier molecular flexibility index (Phi) is 4.08. The number of hydrogen-bond donors (Lipinski definition) is 2. The molecule has 0 aliphatic heterocycles. The van der Waals surface area contributed by atoms with E-state index in [0.717, 1.165) is 11.1 Å². The lowest BCUT2D eigenvalue weighted by Crippen LogP contribution is -2.04. The molecule has 3 heteroatoms. The second-order valence-electron chi connectivity index (χ2n) is 5.16. The zero-order valence-corrected chi connectivity index (χ0v) is 11.6. The van der Waals surface area contributed by atoms with Crippen molar-refractivity contribution in [3.63, 3.8) is 0 Å². The van der Waals surface area contributed by atoms with Crippen LogP contribution in [-0.4, -0.2) is 16.2 Å². The average Bonchev–Trinajstić information content (AvgIpc) is 2.39. The van der Waals surface area contributed by atoms with Gasteiger partial charge in [0.25, 0.3) is 0 Å². The van der Waals surface area contributed by atoms with E-state index in [1.807, 2.05) is 44.2 Å². The smallest absolute Gasteiger partial charge is 0.339 e. The van der Waals surface area contributed by atoms with Gasteiger partial charge in [0.05, 0.1) is 0 Å². The molecule has 0 aliphatic carbocycles. The number of aromatic carboxylic acids is 1. The summed E-state index contributed by atoms with van der Waals surface area (Å²) in [5.41, 5.74) is 2.78. The van der Waals surface area contributed by atoms with Crippen molar-refractivity contribution < 1.29 is 15.0 Å². The maximum atomic E-state index is 11.1. The molecule has 0 aromatic heterocycles. The highest BCUT2D eigenvalue weighted by molar-refractivity contribution is 5.91. The van der Waals surface area contributed by atoms with Gasteiger partial charge in [0, 0.05) is 5.56 Å². The van der Waals surface area contributed by atoms with Gasteiger partial charge in [-0.3, -0.25) is 0 Å². The first kappa shape index (κ1) is 14.1. The van der Waals surface area contributed by atoms with Crippen molar-refractivity contribution in [2.45, 2.75) is 26.2 Å². The van der Waals surface area contributed by atoms with Gasteiger partial charge in [0.2, 0.25) is 0 Å². The van der Waals surface area contributed by atoms with Crippen LogP contribution in [0.5, 0.6) is 5.75 Å². The van der Waals surface area contributed by atoms with Crippen LogP contribution in [0.25, 0.3) is 0 Å². The molecule has 0 saturated heterocycles. The second-order valence-corrected chi connectivity index (χ2v) is 5.16. The molecule has 0 amide bonds. The highest BCUT2D eigenvalue weighted by atomic mass is 16.4. The quantitative estimate of drug-likeness (QED) is 0.888. The molecule has 0 spiro atoms. The molecule has 0 atom stereocenters. The number of carboxylic acid groups (broad SMARTS) is 1. The number of aromatic hydroxyl groups is 1. The predicted octanol–water partition coefficient (Wildman–Crippen LogP) is 3.80. The van der Waals surface area contributed by atoms with Crippen molar-refractivity contribution in [3.8, 4) is 5.75 Å². The Bertz CT molecular complexity index is 616. The standard InChI is InChI=1S/C17H18O3/c1-11(2)15-13(10-12-6-4-3-5-7-12)8-9-14(16(15)18)17(19)20/h3-9,11,18H,10H2,1-2H3,(H,19,20). The summed E-state index contributed by atoms with van der Waals surface area (Å²) in [6, 6.07) is 13.2. The maximum Gasteiger partial charge on any atom is 0.339 e. The SMILES string of the molecule is CC(C)c1c(Cc2ccccc2)ccc(C(=O)O)c1O. The summed E-state index contributed by atoms with van der Waals surface area (Å²) in [6.45, 7) is 3.91. The molecule has 0 radical (unpaired) electrons. The monoisotopic (exact) mass is 270 g/mol. The Morgan fingerprint density at radius 2 is 1.75 bits per heavy atom. The molecular formula is C17H18O3. The number of phenols is 1. The van der Waals surface area contributed by atoms with Gasteiger partial charge in [0.15, 0.2) is 0 Å². The van der Waals surface area contributed by atoms with E-state index in [2.05, 4.69) is 0 Å². The van der Waals surface area contributed by atoms with Crippen molar-refractivity contribution in [2.24, 2.45) is 0 Å². The molecule has 0 fully saturated rings. The Labute approximate surface area is 118 Å². The van der Waals surface area contributed by atoms with Crippen molar-refractivity contribution in [3.05, 3.63) is 64.7 Å². The average molecular weight is 270 g/mol. The molecule has 2 aromatic carbocycles. The number of carboxylic acids is 1. The molecule has 0 heterocycles. The third-order valence-corrected chi connectivity index (χ3v) is 3.35. The van der Waals surface area contributed by atoms with Gasteiger partial charge in [-0.1, -0.05) is 50.2 Å². The van der Waals surface area contributed by atoms with Crippen LogP contribution in [0.4, 0.5) is 0 Å². The van der Waals surface area contributed by atoms with Crippen LogP contribution in [-0.2, 0) is 6.42 Å². The Hall–Kier alpha value is -2.29. The molecule has 2 N–H and O–H groups in total. The molecule has 3 nitrogen and oxygen atoms in total. The van der Waals surface area contributed by atoms with Gasteiger partial charge >= 0.3 is 5.97 Å². The summed E-state index contributed by atoms with van der Waals surface area (Å²) in [7, 11) is 0. The third-order valence-electron chi connectivity index (χ3n) is 3.35. The van der Waals surface area contributed by atoms with E-state index < -0.39 is 5.97 Å². The summed E-state index contributed by atoms with van der Waals surface area (Å²) in [5, 5.41) is 19.3. The van der Waals surface area contributed by atoms with Crippen LogP contribution < -0.4 is 0 Å². The van der Waals surface area contributed by atoms with Crippen molar-refractivity contribution in [2.75, 3.05) is 0 Å². The van der Waals surface area contributed by atoms with Gasteiger partial charge < -0.3 is 10.2 Å². The van der Waals surface area contributed by atoms with Crippen LogP contribution in [0.1, 0.15) is 46.8 Å². The van der Waals surface area contributed by atoms with Crippen LogP contribution in [0.3, 0.4) is 0 Å². The normalized spacial score (nSPS) is 10.8. The number of carbonyl (C=O) groups is 1. The van der Waals surface area contributed by atoms with E-state index in [9.17, 15) is 9.90 Å². The van der Waals surface area contributed by atoms with E-state index in [0.29, 0.717) is 12.0 Å². The van der Waals surface area contributed by atoms with Crippen molar-refractivity contribution in [1.29, 1.82) is 0 Å². The lowest BCUT2D eigenvalue weighted by Gasteiger charge is -2.16. The molecule has 2 rings (SSSR count). The molecule has 2 aromatic rings. The lowest BCUT2D eigenvalue weighted by molar-refractivity contribution is 0.0693. The van der Waals surface area contributed by atoms with Crippen LogP contribution in [0.15, 0.2) is 42.5 Å². The summed E-state index contributed by atoms with van der Waals surface area (Å²) in [5.74, 6) is -1.15. The molecule has 104 valence electrons. The molecule has 0 aliphatic rings. The minimum Gasteiger partial charge on any atom is -0.507 e. The zero-order chi connectivity index (χ0) is 14.7. The topological polar surface area (TPSA) is 57.5 Å². The molecule has 0 bridgehead atoms. The molecule has 20 heavy (non-hydrogen) atoms. The first-order valence-corrected chi connectivity index (χ1v) is 6.62. The fourth-order valence-corrected chi connectivity index (χ4v) is 2.44. The fourth-order valence-electron chi connectivity index (χ4n) is 2.44. The predicted molar refractivity (Wildman–Crippen MR) is 78.4 cm³/mol. The third kappa shape index (κ3) is 2.82. The fraction of sp³-hybridized carbons (Fsp3) is 0.235. The van der Waals surface area contributed by atoms with E-state index in [1.165, 1.54) is 6.07 Å². The minimum atomic E-state index is -1.10. The Morgan fingerprint density at radius 3 is 2.30 bits per heavy atom. The Balaban J connectivity index is 2.48. The van der Waals surface area contributed by atoms with Crippen LogP contribution in [0, 0.1) is 0 Å². The van der Waals surface area contributed by atoms with Gasteiger partial charge in [-0.15, -0.1) is 0 Å². The van der Waals surface area contributed by atoms with Crippen molar-refractivity contribution in [1.82, 2.24) is 0 Å². The summed E-state index contributed by atoms with van der Waals surface area (Å²) >= 11 is 0. The largest absolute Gasteiger partial charge is 0.507 e. The minimum absolute atomic E-state index is 0.0366. The number of hydrogen-bond acceptors (Lipinski definition) is 2. The highest BCUT2D eigenvalue weighted by Crippen LogP contribution is 2.33. The highest BCUT2D eigenvalue weighted by Gasteiger charge is 2.19. The van der Waals surface area contributed by atoms with Gasteiger partial charge in [0.1, 0.15) is 11.3 Å². The van der Waals surface area contributed by atoms with Crippen LogP contribution >= 0.6 is 0 Å². The summed E-state index contributed by atoms with van der Waals surface area (Å²) in [6.07, 6.45) is 0.682. The number of rotatable bonds is 4.